The Hall–Kier alpha value is -0.890. The van der Waals surface area contributed by atoms with E-state index in [-0.39, 0.29) is 12.4 Å². The normalized spacial score (nSPS) is 10.2. The van der Waals surface area contributed by atoms with Crippen molar-refractivity contribution in [2.24, 2.45) is 0 Å². The molecule has 12 heavy (non-hydrogen) atoms. The van der Waals surface area contributed by atoms with E-state index in [0.29, 0.717) is 0 Å². The van der Waals surface area contributed by atoms with Crippen molar-refractivity contribution in [1.82, 2.24) is 0 Å². The van der Waals surface area contributed by atoms with Gasteiger partial charge in [0.2, 0.25) is 0 Å². The van der Waals surface area contributed by atoms with Gasteiger partial charge in [0.1, 0.15) is 5.82 Å². The number of unbranched alkanes of at least 4 members (excludes halogenated alkanes) is 1. The number of aryl methyl sites for hydroxylation is 1. The molecule has 0 atom stereocenters. The van der Waals surface area contributed by atoms with Crippen LogP contribution in [0.15, 0.2) is 24.3 Å². The fourth-order valence-corrected chi connectivity index (χ4v) is 1.09. The summed E-state index contributed by atoms with van der Waals surface area (Å²) in [6.45, 7) is 0.237. The summed E-state index contributed by atoms with van der Waals surface area (Å²) in [5.74, 6) is -0.194. The zero-order valence-electron chi connectivity index (χ0n) is 6.96. The molecular formula is C10H13FO. The van der Waals surface area contributed by atoms with Crippen LogP contribution in [0, 0.1) is 5.82 Å². The molecule has 0 saturated heterocycles. The summed E-state index contributed by atoms with van der Waals surface area (Å²) in [5, 5.41) is 8.53. The zero-order valence-corrected chi connectivity index (χ0v) is 6.96. The van der Waals surface area contributed by atoms with Crippen LogP contribution in [0.3, 0.4) is 0 Å². The van der Waals surface area contributed by atoms with Crippen molar-refractivity contribution >= 4 is 0 Å². The second-order valence-electron chi connectivity index (χ2n) is 2.81. The monoisotopic (exact) mass is 168 g/mol. The van der Waals surface area contributed by atoms with Gasteiger partial charge in [-0.1, -0.05) is 12.1 Å². The second kappa shape index (κ2) is 4.88. The van der Waals surface area contributed by atoms with Crippen molar-refractivity contribution in [2.45, 2.75) is 19.3 Å². The number of rotatable bonds is 4. The molecule has 1 nitrogen and oxygen atoms in total. The molecular weight excluding hydrogens is 155 g/mol. The number of hydrogen-bond donors (Lipinski definition) is 1. The molecule has 0 bridgehead atoms. The van der Waals surface area contributed by atoms with Gasteiger partial charge in [-0.15, -0.1) is 0 Å². The highest BCUT2D eigenvalue weighted by Crippen LogP contribution is 2.06. The van der Waals surface area contributed by atoms with E-state index in [4.69, 9.17) is 5.11 Å². The number of benzene rings is 1. The van der Waals surface area contributed by atoms with Crippen molar-refractivity contribution in [3.63, 3.8) is 0 Å². The van der Waals surface area contributed by atoms with Crippen molar-refractivity contribution in [3.05, 3.63) is 35.6 Å². The number of aliphatic hydroxyl groups excluding tert-OH is 1. The van der Waals surface area contributed by atoms with Crippen LogP contribution in [0.1, 0.15) is 18.4 Å². The third-order valence-corrected chi connectivity index (χ3v) is 1.79. The summed E-state index contributed by atoms with van der Waals surface area (Å²) in [4.78, 5) is 0. The summed E-state index contributed by atoms with van der Waals surface area (Å²) in [6.07, 6.45) is 2.69. The minimum atomic E-state index is -0.194. The molecule has 0 heterocycles. The molecule has 66 valence electrons. The van der Waals surface area contributed by atoms with Crippen LogP contribution in [0.25, 0.3) is 0 Å². The summed E-state index contributed by atoms with van der Waals surface area (Å²) in [7, 11) is 0. The van der Waals surface area contributed by atoms with Gasteiger partial charge in [0.15, 0.2) is 0 Å². The van der Waals surface area contributed by atoms with Crippen molar-refractivity contribution in [3.8, 4) is 0 Å². The summed E-state index contributed by atoms with van der Waals surface area (Å²) in [5.41, 5.74) is 1.13. The minimum Gasteiger partial charge on any atom is -0.396 e. The number of hydrogen-bond acceptors (Lipinski definition) is 1. The van der Waals surface area contributed by atoms with Gasteiger partial charge >= 0.3 is 0 Å². The Labute approximate surface area is 71.9 Å². The largest absolute Gasteiger partial charge is 0.396 e. The summed E-state index contributed by atoms with van der Waals surface area (Å²) in [6, 6.07) is 6.50. The molecule has 1 rings (SSSR count). The van der Waals surface area contributed by atoms with Gasteiger partial charge in [-0.3, -0.25) is 0 Å². The molecule has 0 spiro atoms. The van der Waals surface area contributed by atoms with Crippen LogP contribution in [0.5, 0.6) is 0 Å². The SMILES string of the molecule is OCCCCc1ccc(F)cc1. The maximum atomic E-state index is 12.4. The van der Waals surface area contributed by atoms with E-state index in [2.05, 4.69) is 0 Å². The van der Waals surface area contributed by atoms with Gasteiger partial charge < -0.3 is 5.11 Å². The highest BCUT2D eigenvalue weighted by Gasteiger charge is 1.93. The lowest BCUT2D eigenvalue weighted by molar-refractivity contribution is 0.284. The Bertz CT molecular complexity index is 218. The molecule has 0 fully saturated rings. The van der Waals surface area contributed by atoms with Gasteiger partial charge in [-0.2, -0.15) is 0 Å². The maximum Gasteiger partial charge on any atom is 0.123 e. The van der Waals surface area contributed by atoms with Gasteiger partial charge in [0.05, 0.1) is 0 Å². The highest BCUT2D eigenvalue weighted by atomic mass is 19.1. The molecule has 0 unspecified atom stereocenters. The molecule has 0 amide bonds. The third kappa shape index (κ3) is 3.01. The van der Waals surface area contributed by atoms with Gasteiger partial charge in [0, 0.05) is 6.61 Å². The molecule has 1 N–H and O–H groups in total. The van der Waals surface area contributed by atoms with Gasteiger partial charge in [-0.25, -0.2) is 4.39 Å². The molecule has 0 radical (unpaired) electrons. The number of halogens is 1. The third-order valence-electron chi connectivity index (χ3n) is 1.79. The molecule has 0 aromatic heterocycles. The summed E-state index contributed by atoms with van der Waals surface area (Å²) < 4.78 is 12.4. The molecule has 0 saturated carbocycles. The van der Waals surface area contributed by atoms with E-state index >= 15 is 0 Å². The lowest BCUT2D eigenvalue weighted by atomic mass is 10.1. The zero-order chi connectivity index (χ0) is 8.81. The predicted molar refractivity (Wildman–Crippen MR) is 46.4 cm³/mol. The standard InChI is InChI=1S/C10H13FO/c11-10-6-4-9(5-7-10)3-1-2-8-12/h4-7,12H,1-3,8H2. The van der Waals surface area contributed by atoms with Crippen LogP contribution in [-0.4, -0.2) is 11.7 Å². The quantitative estimate of drug-likeness (QED) is 0.683. The first-order chi connectivity index (χ1) is 5.83. The molecule has 1 aromatic rings. The molecule has 0 aliphatic rings. The Balaban J connectivity index is 2.37. The highest BCUT2D eigenvalue weighted by molar-refractivity contribution is 5.15. The van der Waals surface area contributed by atoms with E-state index in [1.165, 1.54) is 12.1 Å². The first kappa shape index (κ1) is 9.20. The van der Waals surface area contributed by atoms with Crippen LogP contribution in [0.4, 0.5) is 4.39 Å². The van der Waals surface area contributed by atoms with E-state index in [9.17, 15) is 4.39 Å². The molecule has 0 aliphatic heterocycles. The molecule has 2 heteroatoms. The number of aliphatic hydroxyl groups is 1. The van der Waals surface area contributed by atoms with E-state index in [1.54, 1.807) is 12.1 Å². The fraction of sp³-hybridized carbons (Fsp3) is 0.400. The second-order valence-corrected chi connectivity index (χ2v) is 2.81. The van der Waals surface area contributed by atoms with Crippen LogP contribution in [0.2, 0.25) is 0 Å². The van der Waals surface area contributed by atoms with Crippen molar-refractivity contribution in [1.29, 1.82) is 0 Å². The first-order valence-corrected chi connectivity index (χ1v) is 4.18. The first-order valence-electron chi connectivity index (χ1n) is 4.18. The molecule has 0 aliphatic carbocycles. The maximum absolute atomic E-state index is 12.4. The van der Waals surface area contributed by atoms with Crippen LogP contribution < -0.4 is 0 Å². The average Bonchev–Trinajstić information content (AvgIpc) is 2.09. The summed E-state index contributed by atoms with van der Waals surface area (Å²) >= 11 is 0. The van der Waals surface area contributed by atoms with E-state index in [0.717, 1.165) is 24.8 Å². The Morgan fingerprint density at radius 1 is 1.08 bits per heavy atom. The average molecular weight is 168 g/mol. The Morgan fingerprint density at radius 2 is 1.75 bits per heavy atom. The van der Waals surface area contributed by atoms with E-state index < -0.39 is 0 Å². The predicted octanol–water partition coefficient (Wildman–Crippen LogP) is 2.14. The van der Waals surface area contributed by atoms with Crippen LogP contribution >= 0.6 is 0 Å². The molecule has 1 aromatic carbocycles. The minimum absolute atomic E-state index is 0.194. The smallest absolute Gasteiger partial charge is 0.123 e. The lowest BCUT2D eigenvalue weighted by Crippen LogP contribution is -1.88. The van der Waals surface area contributed by atoms with Gasteiger partial charge in [-0.05, 0) is 37.0 Å². The Morgan fingerprint density at radius 3 is 2.33 bits per heavy atom. The van der Waals surface area contributed by atoms with Crippen molar-refractivity contribution in [2.75, 3.05) is 6.61 Å². The van der Waals surface area contributed by atoms with E-state index in [1.807, 2.05) is 0 Å². The lowest BCUT2D eigenvalue weighted by Gasteiger charge is -1.98. The van der Waals surface area contributed by atoms with Gasteiger partial charge in [0.25, 0.3) is 0 Å². The Kier molecular flexibility index (Phi) is 3.74. The van der Waals surface area contributed by atoms with Crippen LogP contribution in [-0.2, 0) is 6.42 Å². The van der Waals surface area contributed by atoms with Crippen molar-refractivity contribution < 1.29 is 9.50 Å². The topological polar surface area (TPSA) is 20.2 Å². The fourth-order valence-electron chi connectivity index (χ4n) is 1.09.